The lowest BCUT2D eigenvalue weighted by atomic mass is 9.84. The number of carbonyl (C=O) groups excluding carboxylic acids is 3. The maximum Gasteiger partial charge on any atom is 0.331 e. The quantitative estimate of drug-likeness (QED) is 0.160. The number of aliphatic imine (C=N–C) groups is 2. The number of hydrogen-bond donors (Lipinski definition) is 6. The molecule has 7 rings (SSSR count). The number of benzene rings is 3. The third kappa shape index (κ3) is 4.36. The number of nitrogens with one attached hydrogen (secondary N) is 2. The van der Waals surface area contributed by atoms with Crippen LogP contribution in [0.1, 0.15) is 15.9 Å². The Hall–Kier alpha value is -5.47. The number of urea groups is 1. The van der Waals surface area contributed by atoms with E-state index in [1.165, 1.54) is 9.80 Å². The molecule has 0 saturated carbocycles. The van der Waals surface area contributed by atoms with Gasteiger partial charge in [0, 0.05) is 17.8 Å². The average Bonchev–Trinajstić information content (AvgIpc) is 3.62. The van der Waals surface area contributed by atoms with Gasteiger partial charge in [-0.05, 0) is 47.9 Å². The molecule has 4 atom stereocenters. The molecule has 46 heavy (non-hydrogen) atoms. The Morgan fingerprint density at radius 3 is 2.52 bits per heavy atom. The summed E-state index contributed by atoms with van der Waals surface area (Å²) in [5, 5.41) is 29.3. The number of guanidine groups is 2. The van der Waals surface area contributed by atoms with E-state index in [1.54, 1.807) is 48.5 Å². The predicted molar refractivity (Wildman–Crippen MR) is 169 cm³/mol. The van der Waals surface area contributed by atoms with Gasteiger partial charge in [0.05, 0.1) is 12.6 Å². The van der Waals surface area contributed by atoms with Crippen LogP contribution >= 0.6 is 0 Å². The van der Waals surface area contributed by atoms with Gasteiger partial charge in [0.2, 0.25) is 5.79 Å². The number of aliphatic hydroxyl groups is 2. The molecule has 4 aliphatic rings. The molecule has 2 saturated heterocycles. The van der Waals surface area contributed by atoms with Gasteiger partial charge in [0.15, 0.2) is 17.6 Å². The van der Waals surface area contributed by atoms with Crippen LogP contribution in [0.15, 0.2) is 88.8 Å². The lowest BCUT2D eigenvalue weighted by Gasteiger charge is -2.49. The zero-order chi connectivity index (χ0) is 32.4. The summed E-state index contributed by atoms with van der Waals surface area (Å²) in [4.78, 5) is 52.7. The van der Waals surface area contributed by atoms with Gasteiger partial charge in [-0.1, -0.05) is 54.6 Å². The number of para-hydroxylation sites is 1. The second-order valence-corrected chi connectivity index (χ2v) is 11.9. The minimum absolute atomic E-state index is 0.0940. The zero-order valence-corrected chi connectivity index (χ0v) is 24.9. The fraction of sp³-hybridized carbons (Fsp3) is 0.281. The third-order valence-electron chi connectivity index (χ3n) is 9.18. The van der Waals surface area contributed by atoms with Crippen LogP contribution in [0, 0.1) is 6.92 Å². The van der Waals surface area contributed by atoms with Crippen LogP contribution in [0.3, 0.4) is 0 Å². The van der Waals surface area contributed by atoms with Crippen molar-refractivity contribution < 1.29 is 24.6 Å². The average molecular weight is 624 g/mol. The molecular weight excluding hydrogens is 590 g/mol. The molecule has 4 heterocycles. The Morgan fingerprint density at radius 2 is 1.76 bits per heavy atom. The van der Waals surface area contributed by atoms with Crippen molar-refractivity contribution in [1.82, 2.24) is 20.4 Å². The lowest BCUT2D eigenvalue weighted by Crippen LogP contribution is -2.78. The number of amides is 4. The van der Waals surface area contributed by atoms with Crippen molar-refractivity contribution in [2.24, 2.45) is 21.5 Å². The molecule has 4 amide bonds. The first-order chi connectivity index (χ1) is 22.0. The summed E-state index contributed by atoms with van der Waals surface area (Å²) in [5.41, 5.74) is 14.4. The highest BCUT2D eigenvalue weighted by Crippen LogP contribution is 2.45. The molecule has 4 aliphatic heterocycles. The van der Waals surface area contributed by atoms with E-state index in [0.717, 1.165) is 21.6 Å². The van der Waals surface area contributed by atoms with E-state index < -0.39 is 47.4 Å². The summed E-state index contributed by atoms with van der Waals surface area (Å²) in [6.07, 6.45) is 0. The highest BCUT2D eigenvalue weighted by molar-refractivity contribution is 6.12. The molecule has 8 N–H and O–H groups in total. The van der Waals surface area contributed by atoms with Crippen LogP contribution in [0.4, 0.5) is 10.5 Å². The Bertz CT molecular complexity index is 1810. The normalized spacial score (nSPS) is 26.3. The van der Waals surface area contributed by atoms with E-state index in [2.05, 4.69) is 20.6 Å². The smallest absolute Gasteiger partial charge is 0.331 e. The number of aryl methyl sites for hydroxylation is 1. The Labute approximate surface area is 264 Å². The maximum atomic E-state index is 13.5. The summed E-state index contributed by atoms with van der Waals surface area (Å²) >= 11 is 0. The van der Waals surface area contributed by atoms with E-state index in [4.69, 9.17) is 11.5 Å². The molecule has 3 aromatic carbocycles. The van der Waals surface area contributed by atoms with Crippen LogP contribution in [-0.4, -0.2) is 99.0 Å². The molecule has 1 spiro atoms. The second kappa shape index (κ2) is 10.6. The third-order valence-corrected chi connectivity index (χ3v) is 9.18. The minimum atomic E-state index is -2.68. The van der Waals surface area contributed by atoms with E-state index >= 15 is 0 Å². The minimum Gasteiger partial charge on any atom is -0.370 e. The van der Waals surface area contributed by atoms with Gasteiger partial charge in [0.1, 0.15) is 18.6 Å². The van der Waals surface area contributed by atoms with E-state index in [9.17, 15) is 24.6 Å². The highest BCUT2D eigenvalue weighted by Gasteiger charge is 2.73. The van der Waals surface area contributed by atoms with E-state index in [1.807, 2.05) is 37.3 Å². The highest BCUT2D eigenvalue weighted by atomic mass is 16.5. The molecule has 3 aromatic rings. The number of rotatable bonds is 6. The summed E-state index contributed by atoms with van der Waals surface area (Å²) in [5.74, 6) is -3.87. The number of imide groups is 1. The molecule has 0 aliphatic carbocycles. The number of carbonyl (C=O) groups is 3. The molecular formula is C32H33N9O5. The molecule has 1 unspecified atom stereocenters. The van der Waals surface area contributed by atoms with Crippen LogP contribution in [-0.2, 0) is 4.79 Å². The first kappa shape index (κ1) is 29.3. The number of hydrogen-bond acceptors (Lipinski definition) is 11. The summed E-state index contributed by atoms with van der Waals surface area (Å²) in [6, 6.07) is 19.7. The topological polar surface area (TPSA) is 202 Å². The first-order valence-electron chi connectivity index (χ1n) is 14.8. The molecule has 14 nitrogen and oxygen atoms in total. The largest absolute Gasteiger partial charge is 0.370 e. The maximum absolute atomic E-state index is 13.5. The van der Waals surface area contributed by atoms with Crippen molar-refractivity contribution >= 4 is 35.5 Å². The standard InChI is InChI=1S/C32H33N9O5/c1-18-8-5-6-13-22(18)19-9-7-10-20(14-19)27(43)36-24-16-41-29(34)35-23(26-31(41,32(24,45)46)38-28(33)37-26)15-40-25(42)17-39(30(40)44)21-11-3-2-4-12-21/h2-14,23-24,26,45-46H,15-17H2,1H3,(H2,34,35)(H,36,43)(H3,33,37,38)/t23-,24?,26-,31-/m0/s1. The van der Waals surface area contributed by atoms with Gasteiger partial charge in [-0.2, -0.15) is 0 Å². The molecule has 0 aromatic heterocycles. The Morgan fingerprint density at radius 1 is 1.02 bits per heavy atom. The van der Waals surface area contributed by atoms with Crippen molar-refractivity contribution in [3.05, 3.63) is 90.0 Å². The predicted octanol–water partition coefficient (Wildman–Crippen LogP) is -0.0946. The summed E-state index contributed by atoms with van der Waals surface area (Å²) in [6.45, 7) is 1.44. The van der Waals surface area contributed by atoms with Crippen molar-refractivity contribution in [2.75, 3.05) is 24.5 Å². The lowest BCUT2D eigenvalue weighted by molar-refractivity contribution is -0.230. The van der Waals surface area contributed by atoms with Gasteiger partial charge in [0.25, 0.3) is 11.8 Å². The fourth-order valence-electron chi connectivity index (χ4n) is 6.92. The number of nitrogens with zero attached hydrogens (tertiary/aromatic N) is 5. The van der Waals surface area contributed by atoms with E-state index in [0.29, 0.717) is 11.3 Å². The molecule has 14 heteroatoms. The Balaban J connectivity index is 1.15. The summed E-state index contributed by atoms with van der Waals surface area (Å²) in [7, 11) is 0. The van der Waals surface area contributed by atoms with Crippen molar-refractivity contribution in [1.29, 1.82) is 0 Å². The van der Waals surface area contributed by atoms with Crippen molar-refractivity contribution in [2.45, 2.75) is 36.5 Å². The molecule has 0 bridgehead atoms. The van der Waals surface area contributed by atoms with Crippen LogP contribution in [0.5, 0.6) is 0 Å². The Kier molecular flexibility index (Phi) is 6.72. The van der Waals surface area contributed by atoms with Crippen LogP contribution in [0.2, 0.25) is 0 Å². The number of anilines is 1. The van der Waals surface area contributed by atoms with Gasteiger partial charge < -0.3 is 37.2 Å². The van der Waals surface area contributed by atoms with Gasteiger partial charge in [-0.25, -0.2) is 14.8 Å². The molecule has 2 fully saturated rings. The fourth-order valence-corrected chi connectivity index (χ4v) is 6.92. The molecule has 0 radical (unpaired) electrons. The van der Waals surface area contributed by atoms with Crippen LogP contribution in [0.25, 0.3) is 11.1 Å². The van der Waals surface area contributed by atoms with Gasteiger partial charge in [-0.15, -0.1) is 0 Å². The van der Waals surface area contributed by atoms with Crippen molar-refractivity contribution in [3.8, 4) is 11.1 Å². The monoisotopic (exact) mass is 623 g/mol. The summed E-state index contributed by atoms with van der Waals surface area (Å²) < 4.78 is 0. The van der Waals surface area contributed by atoms with E-state index in [-0.39, 0.29) is 31.6 Å². The van der Waals surface area contributed by atoms with Gasteiger partial charge >= 0.3 is 6.03 Å². The first-order valence-corrected chi connectivity index (χ1v) is 14.8. The van der Waals surface area contributed by atoms with Crippen LogP contribution < -0.4 is 27.0 Å². The SMILES string of the molecule is Cc1ccccc1-c1cccc(C(=O)NC2CN3C(N)=N[C@@H](CN4C(=O)CN(c5ccccc5)C4=O)[C@@H]4N=C(N)N[C@@]43C2(O)O)c1. The second-order valence-electron chi connectivity index (χ2n) is 11.9. The number of nitrogens with two attached hydrogens (primary N) is 2. The van der Waals surface area contributed by atoms with Gasteiger partial charge in [-0.3, -0.25) is 19.4 Å². The molecule has 236 valence electrons. The zero-order valence-electron chi connectivity index (χ0n) is 24.9. The van der Waals surface area contributed by atoms with Crippen molar-refractivity contribution in [3.63, 3.8) is 0 Å².